The average molecular weight is 600 g/mol. The zero-order chi connectivity index (χ0) is 29.9. The number of hydrogen-bond acceptors (Lipinski definition) is 6. The van der Waals surface area contributed by atoms with Gasteiger partial charge in [-0.1, -0.05) is 75.4 Å². The lowest BCUT2D eigenvalue weighted by Crippen LogP contribution is -2.29. The number of pyridine rings is 1. The summed E-state index contributed by atoms with van der Waals surface area (Å²) in [6.45, 7) is 11.0. The zero-order valence-electron chi connectivity index (χ0n) is 24.9. The summed E-state index contributed by atoms with van der Waals surface area (Å²) in [5.41, 5.74) is 4.71. The van der Waals surface area contributed by atoms with E-state index in [0.29, 0.717) is 12.4 Å². The molecule has 0 spiro atoms. The summed E-state index contributed by atoms with van der Waals surface area (Å²) in [5, 5.41) is 19.6. The molecule has 0 fully saturated rings. The van der Waals surface area contributed by atoms with Crippen LogP contribution in [0.2, 0.25) is 0 Å². The SMILES string of the molecule is CSCC(C)(C)c1cc(NC(=O)NCc2ccccc2Sc2ccc3nnc(C(C)C)n3c2)n(-c2ccc(C)cc2)n1. The van der Waals surface area contributed by atoms with Gasteiger partial charge in [-0.05, 0) is 49.1 Å². The summed E-state index contributed by atoms with van der Waals surface area (Å²) >= 11 is 3.44. The third-order valence-corrected chi connectivity index (χ3v) is 9.09. The topological polar surface area (TPSA) is 89.1 Å². The first-order valence-corrected chi connectivity index (χ1v) is 16.2. The number of amides is 2. The minimum absolute atomic E-state index is 0.149. The second-order valence-corrected chi connectivity index (χ2v) is 13.3. The fraction of sp³-hybridized carbons (Fsp3) is 0.312. The molecule has 0 aliphatic carbocycles. The van der Waals surface area contributed by atoms with E-state index < -0.39 is 0 Å². The summed E-state index contributed by atoms with van der Waals surface area (Å²) in [6, 6.07) is 22.0. The highest BCUT2D eigenvalue weighted by Crippen LogP contribution is 2.32. The number of nitrogens with one attached hydrogen (secondary N) is 2. The molecule has 3 heterocycles. The Labute approximate surface area is 255 Å². The molecule has 0 unspecified atom stereocenters. The van der Waals surface area contributed by atoms with Crippen molar-refractivity contribution in [1.82, 2.24) is 29.7 Å². The van der Waals surface area contributed by atoms with Gasteiger partial charge in [0.15, 0.2) is 5.65 Å². The monoisotopic (exact) mass is 599 g/mol. The molecule has 0 bridgehead atoms. The second kappa shape index (κ2) is 12.6. The van der Waals surface area contributed by atoms with E-state index in [9.17, 15) is 4.79 Å². The van der Waals surface area contributed by atoms with E-state index in [2.05, 4.69) is 80.0 Å². The smallest absolute Gasteiger partial charge is 0.320 e. The molecule has 0 aliphatic heterocycles. The molecule has 0 saturated carbocycles. The van der Waals surface area contributed by atoms with Crippen LogP contribution in [0.4, 0.5) is 10.6 Å². The Morgan fingerprint density at radius 3 is 2.52 bits per heavy atom. The summed E-state index contributed by atoms with van der Waals surface area (Å²) in [5.74, 6) is 2.75. The minimum Gasteiger partial charge on any atom is -0.334 e. The van der Waals surface area contributed by atoms with Crippen molar-refractivity contribution in [2.45, 2.75) is 62.3 Å². The van der Waals surface area contributed by atoms with Crippen molar-refractivity contribution in [2.24, 2.45) is 0 Å². The first-order valence-electron chi connectivity index (χ1n) is 14.0. The van der Waals surface area contributed by atoms with E-state index in [1.54, 1.807) is 23.5 Å². The number of thioether (sulfide) groups is 1. The lowest BCUT2D eigenvalue weighted by atomic mass is 9.92. The van der Waals surface area contributed by atoms with E-state index in [1.165, 1.54) is 5.56 Å². The van der Waals surface area contributed by atoms with Crippen molar-refractivity contribution >= 4 is 41.0 Å². The molecule has 0 aliphatic rings. The Hall–Kier alpha value is -3.76. The van der Waals surface area contributed by atoms with E-state index in [-0.39, 0.29) is 17.4 Å². The Bertz CT molecular complexity index is 1690. The van der Waals surface area contributed by atoms with Crippen molar-refractivity contribution in [2.75, 3.05) is 17.3 Å². The predicted octanol–water partition coefficient (Wildman–Crippen LogP) is 7.46. The molecule has 2 amide bonds. The highest BCUT2D eigenvalue weighted by atomic mass is 32.2. The highest BCUT2D eigenvalue weighted by molar-refractivity contribution is 7.99. The summed E-state index contributed by atoms with van der Waals surface area (Å²) < 4.78 is 3.86. The van der Waals surface area contributed by atoms with E-state index in [4.69, 9.17) is 5.10 Å². The van der Waals surface area contributed by atoms with Crippen LogP contribution in [0.5, 0.6) is 0 Å². The Morgan fingerprint density at radius 1 is 1.02 bits per heavy atom. The Morgan fingerprint density at radius 2 is 1.79 bits per heavy atom. The van der Waals surface area contributed by atoms with E-state index in [0.717, 1.165) is 44.0 Å². The molecule has 2 N–H and O–H groups in total. The molecule has 3 aromatic heterocycles. The van der Waals surface area contributed by atoms with E-state index in [1.807, 2.05) is 63.7 Å². The lowest BCUT2D eigenvalue weighted by Gasteiger charge is -2.20. The zero-order valence-corrected chi connectivity index (χ0v) is 26.5. The van der Waals surface area contributed by atoms with E-state index >= 15 is 0 Å². The van der Waals surface area contributed by atoms with Crippen molar-refractivity contribution in [1.29, 1.82) is 0 Å². The number of aryl methyl sites for hydroxylation is 1. The number of fused-ring (bicyclic) bond motifs is 1. The van der Waals surface area contributed by atoms with Gasteiger partial charge in [0.05, 0.1) is 11.4 Å². The quantitative estimate of drug-likeness (QED) is 0.173. The fourth-order valence-corrected chi connectivity index (χ4v) is 6.51. The number of carbonyl (C=O) groups is 1. The van der Waals surface area contributed by atoms with Crippen LogP contribution >= 0.6 is 23.5 Å². The molecule has 0 radical (unpaired) electrons. The van der Waals surface area contributed by atoms with Crippen LogP contribution in [0.1, 0.15) is 56.3 Å². The molecule has 0 saturated heterocycles. The molecule has 218 valence electrons. The van der Waals surface area contributed by atoms with Crippen LogP contribution in [0.3, 0.4) is 0 Å². The largest absolute Gasteiger partial charge is 0.334 e. The Kier molecular flexibility index (Phi) is 8.93. The van der Waals surface area contributed by atoms with Gasteiger partial charge in [-0.3, -0.25) is 9.72 Å². The van der Waals surface area contributed by atoms with Crippen molar-refractivity contribution in [3.8, 4) is 5.69 Å². The summed E-state index contributed by atoms with van der Waals surface area (Å²) in [6.07, 6.45) is 4.17. The predicted molar refractivity (Wildman–Crippen MR) is 173 cm³/mol. The van der Waals surface area contributed by atoms with Crippen LogP contribution in [-0.4, -0.2) is 42.4 Å². The maximum atomic E-state index is 13.2. The van der Waals surface area contributed by atoms with Gasteiger partial charge >= 0.3 is 6.03 Å². The number of rotatable bonds is 10. The molecule has 42 heavy (non-hydrogen) atoms. The van der Waals surface area contributed by atoms with Crippen LogP contribution in [0.15, 0.2) is 82.7 Å². The first kappa shape index (κ1) is 29.7. The van der Waals surface area contributed by atoms with Crippen LogP contribution in [0, 0.1) is 6.92 Å². The van der Waals surface area contributed by atoms with Gasteiger partial charge in [0.1, 0.15) is 11.6 Å². The molecule has 5 rings (SSSR count). The first-order chi connectivity index (χ1) is 20.1. The number of hydrogen-bond donors (Lipinski definition) is 2. The van der Waals surface area contributed by atoms with Gasteiger partial charge in [-0.15, -0.1) is 10.2 Å². The van der Waals surface area contributed by atoms with Gasteiger partial charge in [0.25, 0.3) is 0 Å². The third-order valence-electron chi connectivity index (χ3n) is 6.99. The maximum absolute atomic E-state index is 13.2. The van der Waals surface area contributed by atoms with Gasteiger partial charge in [0, 0.05) is 45.7 Å². The molecule has 2 aromatic carbocycles. The fourth-order valence-electron chi connectivity index (χ4n) is 4.67. The van der Waals surface area contributed by atoms with Gasteiger partial charge in [-0.25, -0.2) is 9.48 Å². The molecular formula is C32H37N7OS2. The normalized spacial score (nSPS) is 11.8. The molecule has 5 aromatic rings. The highest BCUT2D eigenvalue weighted by Gasteiger charge is 2.26. The van der Waals surface area contributed by atoms with Crippen molar-refractivity contribution < 1.29 is 4.79 Å². The van der Waals surface area contributed by atoms with Crippen LogP contribution < -0.4 is 10.6 Å². The third kappa shape index (κ3) is 6.65. The van der Waals surface area contributed by atoms with Gasteiger partial charge in [-0.2, -0.15) is 16.9 Å². The van der Waals surface area contributed by atoms with Gasteiger partial charge in [0.2, 0.25) is 0 Å². The number of aromatic nitrogens is 5. The lowest BCUT2D eigenvalue weighted by molar-refractivity contribution is 0.251. The molecule has 10 heteroatoms. The second-order valence-electron chi connectivity index (χ2n) is 11.3. The number of benzene rings is 2. The molecule has 0 atom stereocenters. The molecular weight excluding hydrogens is 563 g/mol. The maximum Gasteiger partial charge on any atom is 0.320 e. The number of carbonyl (C=O) groups excluding carboxylic acids is 1. The average Bonchev–Trinajstić information content (AvgIpc) is 3.58. The summed E-state index contributed by atoms with van der Waals surface area (Å²) in [4.78, 5) is 15.3. The summed E-state index contributed by atoms with van der Waals surface area (Å²) in [7, 11) is 0. The minimum atomic E-state index is -0.287. The number of urea groups is 1. The number of nitrogens with zero attached hydrogens (tertiary/aromatic N) is 5. The Balaban J connectivity index is 1.33. The van der Waals surface area contributed by atoms with Crippen molar-refractivity contribution in [3.05, 3.63) is 95.6 Å². The molecule has 8 nitrogen and oxygen atoms in total. The van der Waals surface area contributed by atoms with Crippen LogP contribution in [-0.2, 0) is 12.0 Å². The van der Waals surface area contributed by atoms with Gasteiger partial charge < -0.3 is 5.32 Å². The number of anilines is 1. The van der Waals surface area contributed by atoms with Crippen molar-refractivity contribution in [3.63, 3.8) is 0 Å². The standard InChI is InChI=1S/C32H37N7OS2/c1-21(2)30-36-35-28-16-15-25(19-38(28)30)42-26-10-8-7-9-23(26)18-33-31(40)34-29-17-27(32(4,5)20-41-6)37-39(29)24-13-11-22(3)12-14-24/h7-17,19,21H,18,20H2,1-6H3,(H2,33,34,40). The van der Waals surface area contributed by atoms with Crippen LogP contribution in [0.25, 0.3) is 11.3 Å².